The smallest absolute Gasteiger partial charge is 0.253 e. The highest BCUT2D eigenvalue weighted by molar-refractivity contribution is 9.10. The first-order valence-corrected chi connectivity index (χ1v) is 7.46. The summed E-state index contributed by atoms with van der Waals surface area (Å²) >= 11 is 3.35. The van der Waals surface area contributed by atoms with Gasteiger partial charge in [-0.25, -0.2) is 4.39 Å². The number of carbonyl (C=O) groups is 1. The molecular formula is C16H16BrFN2O. The lowest BCUT2D eigenvalue weighted by Crippen LogP contribution is -2.24. The van der Waals surface area contributed by atoms with E-state index in [9.17, 15) is 9.18 Å². The molecule has 5 heteroatoms. The Bertz CT molecular complexity index is 646. The van der Waals surface area contributed by atoms with Crippen LogP contribution in [0.4, 0.5) is 10.1 Å². The highest BCUT2D eigenvalue weighted by Gasteiger charge is 2.11. The van der Waals surface area contributed by atoms with E-state index in [-0.39, 0.29) is 18.3 Å². The number of benzene rings is 2. The lowest BCUT2D eigenvalue weighted by atomic mass is 10.1. The molecule has 2 rings (SSSR count). The standard InChI is InChI=1S/C16H16BrFN2O/c1-2-19-15-6-4-3-5-13(15)16(21)20-10-11-9-12(18)7-8-14(11)17/h3-9,19H,2,10H2,1H3,(H,20,21). The molecule has 0 saturated carbocycles. The molecule has 0 aliphatic heterocycles. The summed E-state index contributed by atoms with van der Waals surface area (Å²) in [6.45, 7) is 2.97. The fourth-order valence-electron chi connectivity index (χ4n) is 1.98. The van der Waals surface area contributed by atoms with Crippen LogP contribution in [0.3, 0.4) is 0 Å². The van der Waals surface area contributed by atoms with Crippen LogP contribution < -0.4 is 10.6 Å². The van der Waals surface area contributed by atoms with Gasteiger partial charge in [-0.1, -0.05) is 28.1 Å². The molecule has 0 heterocycles. The van der Waals surface area contributed by atoms with E-state index < -0.39 is 0 Å². The molecule has 2 aromatic carbocycles. The van der Waals surface area contributed by atoms with E-state index in [4.69, 9.17) is 0 Å². The Morgan fingerprint density at radius 3 is 2.76 bits per heavy atom. The summed E-state index contributed by atoms with van der Waals surface area (Å²) in [5, 5.41) is 5.95. The van der Waals surface area contributed by atoms with Gasteiger partial charge in [-0.3, -0.25) is 4.79 Å². The molecule has 0 saturated heterocycles. The van der Waals surface area contributed by atoms with Gasteiger partial charge in [0.2, 0.25) is 0 Å². The molecule has 1 amide bonds. The lowest BCUT2D eigenvalue weighted by molar-refractivity contribution is 0.0951. The van der Waals surface area contributed by atoms with Crippen LogP contribution in [-0.2, 0) is 6.54 Å². The van der Waals surface area contributed by atoms with Crippen molar-refractivity contribution in [1.29, 1.82) is 0 Å². The van der Waals surface area contributed by atoms with Crippen LogP contribution in [0.25, 0.3) is 0 Å². The minimum absolute atomic E-state index is 0.192. The van der Waals surface area contributed by atoms with Crippen molar-refractivity contribution in [1.82, 2.24) is 5.32 Å². The number of nitrogens with one attached hydrogen (secondary N) is 2. The van der Waals surface area contributed by atoms with Crippen LogP contribution in [0.15, 0.2) is 46.9 Å². The monoisotopic (exact) mass is 350 g/mol. The molecule has 3 nitrogen and oxygen atoms in total. The molecule has 2 N–H and O–H groups in total. The van der Waals surface area contributed by atoms with Crippen molar-refractivity contribution in [3.8, 4) is 0 Å². The molecule has 0 spiro atoms. The molecule has 2 aromatic rings. The number of hydrogen-bond acceptors (Lipinski definition) is 2. The Hall–Kier alpha value is -1.88. The van der Waals surface area contributed by atoms with E-state index in [2.05, 4.69) is 26.6 Å². The predicted molar refractivity (Wildman–Crippen MR) is 85.9 cm³/mol. The Balaban J connectivity index is 2.10. The van der Waals surface area contributed by atoms with Gasteiger partial charge in [-0.15, -0.1) is 0 Å². The molecule has 0 fully saturated rings. The second-order valence-electron chi connectivity index (χ2n) is 4.49. The summed E-state index contributed by atoms with van der Waals surface area (Å²) in [4.78, 5) is 12.2. The Labute approximate surface area is 131 Å². The third-order valence-electron chi connectivity index (χ3n) is 2.99. The zero-order valence-corrected chi connectivity index (χ0v) is 13.2. The molecule has 21 heavy (non-hydrogen) atoms. The zero-order chi connectivity index (χ0) is 15.2. The number of hydrogen-bond donors (Lipinski definition) is 2. The first-order chi connectivity index (χ1) is 10.1. The fraction of sp³-hybridized carbons (Fsp3) is 0.188. The van der Waals surface area contributed by atoms with Crippen molar-refractivity contribution >= 4 is 27.5 Å². The Kier molecular flexibility index (Phi) is 5.33. The first kappa shape index (κ1) is 15.5. The Morgan fingerprint density at radius 2 is 2.00 bits per heavy atom. The number of rotatable bonds is 5. The third-order valence-corrected chi connectivity index (χ3v) is 3.76. The lowest BCUT2D eigenvalue weighted by Gasteiger charge is -2.11. The van der Waals surface area contributed by atoms with Crippen molar-refractivity contribution in [2.45, 2.75) is 13.5 Å². The molecule has 0 radical (unpaired) electrons. The highest BCUT2D eigenvalue weighted by atomic mass is 79.9. The van der Waals surface area contributed by atoms with E-state index in [0.29, 0.717) is 11.1 Å². The van der Waals surface area contributed by atoms with Crippen LogP contribution in [0.1, 0.15) is 22.8 Å². The van der Waals surface area contributed by atoms with Crippen LogP contribution in [0, 0.1) is 5.82 Å². The summed E-state index contributed by atoms with van der Waals surface area (Å²) < 4.78 is 14.0. The quantitative estimate of drug-likeness (QED) is 0.857. The topological polar surface area (TPSA) is 41.1 Å². The van der Waals surface area contributed by atoms with E-state index in [1.165, 1.54) is 12.1 Å². The maximum absolute atomic E-state index is 13.2. The minimum Gasteiger partial charge on any atom is -0.385 e. The van der Waals surface area contributed by atoms with Gasteiger partial charge in [0.25, 0.3) is 5.91 Å². The normalized spacial score (nSPS) is 10.2. The first-order valence-electron chi connectivity index (χ1n) is 6.67. The summed E-state index contributed by atoms with van der Waals surface area (Å²) in [6.07, 6.45) is 0. The summed E-state index contributed by atoms with van der Waals surface area (Å²) in [5.41, 5.74) is 2.06. The maximum atomic E-state index is 13.2. The summed E-state index contributed by atoms with van der Waals surface area (Å²) in [5.74, 6) is -0.516. The van der Waals surface area contributed by atoms with Gasteiger partial charge in [0, 0.05) is 23.2 Å². The number of anilines is 1. The van der Waals surface area contributed by atoms with Crippen molar-refractivity contribution in [2.24, 2.45) is 0 Å². The number of halogens is 2. The van der Waals surface area contributed by atoms with Gasteiger partial charge in [0.1, 0.15) is 5.82 Å². The SMILES string of the molecule is CCNc1ccccc1C(=O)NCc1cc(F)ccc1Br. The van der Waals surface area contributed by atoms with Crippen LogP contribution in [0.2, 0.25) is 0 Å². The van der Waals surface area contributed by atoms with E-state index in [1.807, 2.05) is 25.1 Å². The van der Waals surface area contributed by atoms with Crippen molar-refractivity contribution < 1.29 is 9.18 Å². The average Bonchev–Trinajstić information content (AvgIpc) is 2.49. The molecule has 110 valence electrons. The van der Waals surface area contributed by atoms with E-state index in [1.54, 1.807) is 12.1 Å². The van der Waals surface area contributed by atoms with Crippen molar-refractivity contribution in [3.63, 3.8) is 0 Å². The second kappa shape index (κ2) is 7.22. The molecule has 0 aliphatic rings. The minimum atomic E-state index is -0.324. The van der Waals surface area contributed by atoms with Crippen LogP contribution in [0.5, 0.6) is 0 Å². The zero-order valence-electron chi connectivity index (χ0n) is 11.6. The summed E-state index contributed by atoms with van der Waals surface area (Å²) in [7, 11) is 0. The number of para-hydroxylation sites is 1. The second-order valence-corrected chi connectivity index (χ2v) is 5.35. The van der Waals surface area contributed by atoms with Crippen molar-refractivity contribution in [3.05, 3.63) is 63.9 Å². The van der Waals surface area contributed by atoms with Gasteiger partial charge in [-0.05, 0) is 42.8 Å². The molecule has 0 aromatic heterocycles. The van der Waals surface area contributed by atoms with Gasteiger partial charge in [0.05, 0.1) is 5.56 Å². The van der Waals surface area contributed by atoms with Gasteiger partial charge < -0.3 is 10.6 Å². The average molecular weight is 351 g/mol. The summed E-state index contributed by atoms with van der Waals surface area (Å²) in [6, 6.07) is 11.7. The van der Waals surface area contributed by atoms with Crippen LogP contribution >= 0.6 is 15.9 Å². The molecular weight excluding hydrogens is 335 g/mol. The van der Waals surface area contributed by atoms with Crippen LogP contribution in [-0.4, -0.2) is 12.5 Å². The van der Waals surface area contributed by atoms with E-state index >= 15 is 0 Å². The van der Waals surface area contributed by atoms with Crippen molar-refractivity contribution in [2.75, 3.05) is 11.9 Å². The third kappa shape index (κ3) is 4.04. The molecule has 0 aliphatic carbocycles. The van der Waals surface area contributed by atoms with Gasteiger partial charge in [0.15, 0.2) is 0 Å². The molecule has 0 atom stereocenters. The largest absolute Gasteiger partial charge is 0.385 e. The number of amides is 1. The molecule has 0 unspecified atom stereocenters. The van der Waals surface area contributed by atoms with Gasteiger partial charge in [-0.2, -0.15) is 0 Å². The Morgan fingerprint density at radius 1 is 1.24 bits per heavy atom. The molecule has 0 bridgehead atoms. The highest BCUT2D eigenvalue weighted by Crippen LogP contribution is 2.19. The fourth-order valence-corrected chi connectivity index (χ4v) is 2.36. The maximum Gasteiger partial charge on any atom is 0.253 e. The number of carbonyl (C=O) groups excluding carboxylic acids is 1. The van der Waals surface area contributed by atoms with Gasteiger partial charge >= 0.3 is 0 Å². The van der Waals surface area contributed by atoms with E-state index in [0.717, 1.165) is 16.7 Å². The predicted octanol–water partition coefficient (Wildman–Crippen LogP) is 3.95.